The predicted molar refractivity (Wildman–Crippen MR) is 279 cm³/mol. The van der Waals surface area contributed by atoms with Gasteiger partial charge in [-0.3, -0.25) is 0 Å². The van der Waals surface area contributed by atoms with Gasteiger partial charge >= 0.3 is 6.85 Å². The molecule has 2 aliphatic rings. The van der Waals surface area contributed by atoms with Crippen LogP contribution in [-0.4, -0.2) is 11.3 Å². The zero-order valence-corrected chi connectivity index (χ0v) is 36.2. The van der Waals surface area contributed by atoms with E-state index < -0.39 is 0 Å². The summed E-state index contributed by atoms with van der Waals surface area (Å²) in [6.07, 6.45) is 0. The molecule has 0 spiro atoms. The van der Waals surface area contributed by atoms with Gasteiger partial charge in [0.05, 0.1) is 17.1 Å². The minimum atomic E-state index is -0.119. The van der Waals surface area contributed by atoms with Gasteiger partial charge in [0.1, 0.15) is 0 Å². The molecule has 66 heavy (non-hydrogen) atoms. The fourth-order valence-corrected chi connectivity index (χ4v) is 10.9. The number of aromatic nitrogens is 1. The minimum absolute atomic E-state index is 0.119. The topological polar surface area (TPSA) is 11.4 Å². The molecule has 0 aliphatic carbocycles. The highest BCUT2D eigenvalue weighted by Gasteiger charge is 2.44. The first kappa shape index (κ1) is 37.9. The van der Waals surface area contributed by atoms with Gasteiger partial charge in [0.15, 0.2) is 0 Å². The number of nitrogens with zero attached hydrogens (tertiary/aromatic N) is 3. The second-order valence-corrected chi connectivity index (χ2v) is 17.2. The zero-order chi connectivity index (χ0) is 43.6. The molecule has 0 bridgehead atoms. The first-order chi connectivity index (χ1) is 32.8. The summed E-state index contributed by atoms with van der Waals surface area (Å²) in [5.41, 5.74) is 22.6. The second-order valence-electron chi connectivity index (χ2n) is 17.2. The summed E-state index contributed by atoms with van der Waals surface area (Å²) in [6, 6.07) is 93.3. The van der Waals surface area contributed by atoms with Gasteiger partial charge in [-0.1, -0.05) is 212 Å². The van der Waals surface area contributed by atoms with Gasteiger partial charge in [-0.05, 0) is 81.2 Å². The number of fused-ring (bicyclic) bond motifs is 4. The van der Waals surface area contributed by atoms with Crippen LogP contribution in [0, 0.1) is 0 Å². The van der Waals surface area contributed by atoms with E-state index >= 15 is 0 Å². The summed E-state index contributed by atoms with van der Waals surface area (Å²) in [7, 11) is 0. The summed E-state index contributed by atoms with van der Waals surface area (Å²) in [4.78, 5) is 5.01. The molecular weight excluding hydrogens is 798 g/mol. The average Bonchev–Trinajstić information content (AvgIpc) is 3.76. The van der Waals surface area contributed by atoms with Crippen molar-refractivity contribution in [2.45, 2.75) is 0 Å². The van der Waals surface area contributed by atoms with Crippen LogP contribution in [0.4, 0.5) is 34.1 Å². The van der Waals surface area contributed by atoms with Crippen molar-refractivity contribution >= 4 is 62.8 Å². The monoisotopic (exact) mass is 839 g/mol. The standard InChI is InChI=1S/C62H42BN3/c1-6-23-43(24-7-1)48-33-16-19-37-53(48)65(54-38-20-17-34-49(54)44-25-8-2-9-26-44)56-42-41-51-50-35-22-40-57-60(50)63(52-36-18-21-39-55(52)64(57)47-31-14-5-15-32-47)66-61(46-29-12-4-13-30-46)58(59(56)62(51)66)45-27-10-3-11-28-45/h1-42H. The third-order valence-corrected chi connectivity index (χ3v) is 13.6. The van der Waals surface area contributed by atoms with Crippen molar-refractivity contribution in [3.05, 3.63) is 255 Å². The van der Waals surface area contributed by atoms with E-state index in [4.69, 9.17) is 0 Å². The van der Waals surface area contributed by atoms with Gasteiger partial charge in [-0.2, -0.15) is 0 Å². The van der Waals surface area contributed by atoms with Crippen LogP contribution in [0.15, 0.2) is 255 Å². The maximum absolute atomic E-state index is 2.71. The largest absolute Gasteiger partial charge is 0.375 e. The molecule has 0 unspecified atom stereocenters. The van der Waals surface area contributed by atoms with Crippen molar-refractivity contribution < 1.29 is 0 Å². The van der Waals surface area contributed by atoms with Crippen molar-refractivity contribution in [2.75, 3.05) is 9.80 Å². The Morgan fingerprint density at radius 3 is 1.44 bits per heavy atom. The van der Waals surface area contributed by atoms with Gasteiger partial charge in [0.2, 0.25) is 0 Å². The molecule has 3 nitrogen and oxygen atoms in total. The Labute approximate surface area is 385 Å². The maximum Gasteiger partial charge on any atom is 0.333 e. The summed E-state index contributed by atoms with van der Waals surface area (Å²) in [5, 5.41) is 1.21. The molecule has 0 saturated carbocycles. The molecule has 0 saturated heterocycles. The third-order valence-electron chi connectivity index (χ3n) is 13.6. The Morgan fingerprint density at radius 2 is 0.818 bits per heavy atom. The van der Waals surface area contributed by atoms with E-state index in [9.17, 15) is 0 Å². The highest BCUT2D eigenvalue weighted by molar-refractivity contribution is 6.89. The Bertz CT molecular complexity index is 3500. The number of hydrogen-bond acceptors (Lipinski definition) is 2. The lowest BCUT2D eigenvalue weighted by Crippen LogP contribution is -2.56. The Balaban J connectivity index is 1.22. The van der Waals surface area contributed by atoms with Crippen molar-refractivity contribution in [2.24, 2.45) is 0 Å². The highest BCUT2D eigenvalue weighted by Crippen LogP contribution is 2.55. The van der Waals surface area contributed by atoms with E-state index in [1.54, 1.807) is 0 Å². The fourth-order valence-electron chi connectivity index (χ4n) is 10.9. The molecular formula is C62H42BN3. The van der Waals surface area contributed by atoms with Crippen molar-refractivity contribution in [1.29, 1.82) is 0 Å². The van der Waals surface area contributed by atoms with E-state index in [1.165, 1.54) is 77.8 Å². The average molecular weight is 840 g/mol. The molecule has 0 amide bonds. The van der Waals surface area contributed by atoms with E-state index in [0.717, 1.165) is 33.9 Å². The molecule has 308 valence electrons. The van der Waals surface area contributed by atoms with Crippen LogP contribution in [0.5, 0.6) is 0 Å². The van der Waals surface area contributed by atoms with Crippen molar-refractivity contribution in [3.8, 4) is 55.8 Å². The molecule has 1 aromatic heterocycles. The molecule has 3 heterocycles. The van der Waals surface area contributed by atoms with E-state index in [1.807, 2.05) is 0 Å². The minimum Gasteiger partial charge on any atom is -0.375 e. The van der Waals surface area contributed by atoms with Crippen molar-refractivity contribution in [1.82, 2.24) is 4.48 Å². The molecule has 0 N–H and O–H groups in total. The van der Waals surface area contributed by atoms with Crippen molar-refractivity contribution in [3.63, 3.8) is 0 Å². The Morgan fingerprint density at radius 1 is 0.333 bits per heavy atom. The first-order valence-corrected chi connectivity index (χ1v) is 22.8. The van der Waals surface area contributed by atoms with Crippen LogP contribution in [0.25, 0.3) is 66.7 Å². The number of para-hydroxylation sites is 4. The smallest absolute Gasteiger partial charge is 0.333 e. The van der Waals surface area contributed by atoms with Crippen LogP contribution in [-0.2, 0) is 0 Å². The van der Waals surface area contributed by atoms with Crippen LogP contribution < -0.4 is 20.7 Å². The molecule has 4 heteroatoms. The molecule has 0 radical (unpaired) electrons. The SMILES string of the molecule is c1ccc(-c2ccccc2N(c2ccccc2-c2ccccc2)c2ccc3c4c2c(-c2ccccc2)c(-c2ccccc2)n4B2c4ccccc4N(c4ccccc4)c4cccc-3c42)cc1. The molecule has 0 atom stereocenters. The number of anilines is 6. The van der Waals surface area contributed by atoms with Crippen LogP contribution in [0.1, 0.15) is 0 Å². The van der Waals surface area contributed by atoms with Crippen LogP contribution >= 0.6 is 0 Å². The number of benzene rings is 10. The van der Waals surface area contributed by atoms with Gasteiger partial charge in [0, 0.05) is 55.9 Å². The normalized spacial score (nSPS) is 12.2. The predicted octanol–water partition coefficient (Wildman–Crippen LogP) is 15.2. The van der Waals surface area contributed by atoms with Crippen LogP contribution in [0.3, 0.4) is 0 Å². The van der Waals surface area contributed by atoms with Gasteiger partial charge < -0.3 is 14.3 Å². The summed E-state index contributed by atoms with van der Waals surface area (Å²) in [6.45, 7) is -0.119. The Hall–Kier alpha value is -8.60. The molecule has 11 aromatic rings. The first-order valence-electron chi connectivity index (χ1n) is 22.8. The summed E-state index contributed by atoms with van der Waals surface area (Å²) < 4.78 is 2.71. The van der Waals surface area contributed by atoms with Crippen LogP contribution in [0.2, 0.25) is 0 Å². The molecule has 10 aromatic carbocycles. The van der Waals surface area contributed by atoms with E-state index in [0.29, 0.717) is 0 Å². The summed E-state index contributed by atoms with van der Waals surface area (Å²) >= 11 is 0. The lowest BCUT2D eigenvalue weighted by Gasteiger charge is -2.40. The van der Waals surface area contributed by atoms with E-state index in [2.05, 4.69) is 269 Å². The fraction of sp³-hybridized carbons (Fsp3) is 0. The van der Waals surface area contributed by atoms with Gasteiger partial charge in [-0.15, -0.1) is 0 Å². The summed E-state index contributed by atoms with van der Waals surface area (Å²) in [5.74, 6) is 0. The second kappa shape index (κ2) is 15.6. The van der Waals surface area contributed by atoms with E-state index in [-0.39, 0.29) is 6.85 Å². The quantitative estimate of drug-likeness (QED) is 0.141. The maximum atomic E-state index is 2.71. The molecule has 0 fully saturated rings. The van der Waals surface area contributed by atoms with Gasteiger partial charge in [-0.25, -0.2) is 0 Å². The highest BCUT2D eigenvalue weighted by atomic mass is 15.2. The number of hydrogen-bond donors (Lipinski definition) is 0. The van der Waals surface area contributed by atoms with Gasteiger partial charge in [0.25, 0.3) is 0 Å². The lowest BCUT2D eigenvalue weighted by atomic mass is 9.45. The molecule has 13 rings (SSSR count). The zero-order valence-electron chi connectivity index (χ0n) is 36.2. The lowest BCUT2D eigenvalue weighted by molar-refractivity contribution is 1.23. The third kappa shape index (κ3) is 5.85. The Kier molecular flexibility index (Phi) is 8.95. The molecule has 2 aliphatic heterocycles. The number of rotatable bonds is 8.